The molecule has 0 bridgehead atoms. The Bertz CT molecular complexity index is 340. The van der Waals surface area contributed by atoms with Crippen LogP contribution in [0.4, 0.5) is 4.39 Å². The van der Waals surface area contributed by atoms with Gasteiger partial charge >= 0.3 is 0 Å². The summed E-state index contributed by atoms with van der Waals surface area (Å²) in [5.74, 6) is -2.62. The van der Waals surface area contributed by atoms with Crippen LogP contribution in [0.25, 0.3) is 0 Å². The van der Waals surface area contributed by atoms with E-state index in [1.807, 2.05) is 0 Å². The maximum Gasteiger partial charge on any atom is 0.271 e. The standard InChI is InChI=1S/C11H18FN3O2/c1-10(2,8-16)14-6-9(17)15-5-3-4-11(15,12)7-13/h14,16H,3-6,8H2,1-2H3. The lowest BCUT2D eigenvalue weighted by Crippen LogP contribution is -2.51. The molecule has 1 saturated heterocycles. The number of likely N-dealkylation sites (tertiary alicyclic amines) is 1. The van der Waals surface area contributed by atoms with Crippen molar-refractivity contribution in [1.82, 2.24) is 10.2 Å². The first kappa shape index (κ1) is 13.9. The lowest BCUT2D eigenvalue weighted by atomic mass is 10.1. The highest BCUT2D eigenvalue weighted by atomic mass is 19.1. The smallest absolute Gasteiger partial charge is 0.271 e. The minimum absolute atomic E-state index is 0.0681. The van der Waals surface area contributed by atoms with E-state index in [9.17, 15) is 9.18 Å². The number of aliphatic hydroxyl groups excluding tert-OH is 1. The maximum absolute atomic E-state index is 13.9. The van der Waals surface area contributed by atoms with Gasteiger partial charge in [-0.1, -0.05) is 0 Å². The van der Waals surface area contributed by atoms with Gasteiger partial charge in [-0.3, -0.25) is 9.69 Å². The second-order valence-electron chi connectivity index (χ2n) is 4.92. The Labute approximate surface area is 100 Å². The van der Waals surface area contributed by atoms with Gasteiger partial charge < -0.3 is 10.4 Å². The number of carbonyl (C=O) groups is 1. The molecule has 1 unspecified atom stereocenters. The monoisotopic (exact) mass is 243 g/mol. The number of rotatable bonds is 4. The predicted octanol–water partition coefficient (Wildman–Crippen LogP) is 0.159. The molecule has 0 saturated carbocycles. The van der Waals surface area contributed by atoms with Crippen molar-refractivity contribution in [3.63, 3.8) is 0 Å². The highest BCUT2D eigenvalue weighted by Crippen LogP contribution is 2.29. The zero-order chi connectivity index (χ0) is 13.1. The summed E-state index contributed by atoms with van der Waals surface area (Å²) in [6, 6.07) is 1.54. The molecule has 0 spiro atoms. The van der Waals surface area contributed by atoms with Crippen molar-refractivity contribution in [3.05, 3.63) is 0 Å². The first-order valence-electron chi connectivity index (χ1n) is 5.61. The molecule has 1 aliphatic rings. The fourth-order valence-electron chi connectivity index (χ4n) is 1.69. The van der Waals surface area contributed by atoms with E-state index in [1.54, 1.807) is 19.9 Å². The SMILES string of the molecule is CC(C)(CO)NCC(=O)N1CCCC1(F)C#N. The molecule has 0 aromatic rings. The predicted molar refractivity (Wildman–Crippen MR) is 59.6 cm³/mol. The molecule has 1 amide bonds. The van der Waals surface area contributed by atoms with Crippen LogP contribution in [0.2, 0.25) is 0 Å². The third kappa shape index (κ3) is 3.14. The van der Waals surface area contributed by atoms with E-state index in [-0.39, 0.29) is 26.1 Å². The van der Waals surface area contributed by atoms with Crippen LogP contribution in [0.5, 0.6) is 0 Å². The number of carbonyl (C=O) groups excluding carboxylic acids is 1. The van der Waals surface area contributed by atoms with Crippen molar-refractivity contribution < 1.29 is 14.3 Å². The van der Waals surface area contributed by atoms with Crippen molar-refractivity contribution >= 4 is 5.91 Å². The third-order valence-electron chi connectivity index (χ3n) is 2.90. The minimum atomic E-state index is -2.16. The Balaban J connectivity index is 2.57. The van der Waals surface area contributed by atoms with E-state index in [0.29, 0.717) is 6.42 Å². The van der Waals surface area contributed by atoms with Crippen LogP contribution >= 0.6 is 0 Å². The first-order chi connectivity index (χ1) is 7.84. The lowest BCUT2D eigenvalue weighted by Gasteiger charge is -2.28. The number of nitrogens with zero attached hydrogens (tertiary/aromatic N) is 2. The van der Waals surface area contributed by atoms with Gasteiger partial charge in [0.25, 0.3) is 5.79 Å². The molecular formula is C11H18FN3O2. The molecule has 0 aliphatic carbocycles. The summed E-state index contributed by atoms with van der Waals surface area (Å²) in [4.78, 5) is 12.7. The van der Waals surface area contributed by atoms with Crippen LogP contribution in [0.3, 0.4) is 0 Å². The second-order valence-corrected chi connectivity index (χ2v) is 4.92. The average Bonchev–Trinajstić information content (AvgIpc) is 2.69. The Morgan fingerprint density at radius 3 is 2.88 bits per heavy atom. The van der Waals surface area contributed by atoms with Crippen molar-refractivity contribution in [2.75, 3.05) is 19.7 Å². The Morgan fingerprint density at radius 1 is 1.71 bits per heavy atom. The van der Waals surface area contributed by atoms with Crippen LogP contribution in [-0.2, 0) is 4.79 Å². The molecule has 1 fully saturated rings. The van der Waals surface area contributed by atoms with Gasteiger partial charge in [0.1, 0.15) is 6.07 Å². The third-order valence-corrected chi connectivity index (χ3v) is 2.90. The van der Waals surface area contributed by atoms with Crippen LogP contribution in [0.15, 0.2) is 0 Å². The molecule has 5 nitrogen and oxygen atoms in total. The van der Waals surface area contributed by atoms with Gasteiger partial charge in [0.2, 0.25) is 5.91 Å². The molecule has 0 radical (unpaired) electrons. The van der Waals surface area contributed by atoms with Gasteiger partial charge in [-0.05, 0) is 20.3 Å². The Kier molecular flexibility index (Phi) is 4.07. The summed E-state index contributed by atoms with van der Waals surface area (Å²) >= 11 is 0. The fraction of sp³-hybridized carbons (Fsp3) is 0.818. The second kappa shape index (κ2) is 4.98. The minimum Gasteiger partial charge on any atom is -0.394 e. The molecule has 1 aliphatic heterocycles. The fourth-order valence-corrected chi connectivity index (χ4v) is 1.69. The average molecular weight is 243 g/mol. The Hall–Kier alpha value is -1.19. The molecule has 0 aromatic carbocycles. The summed E-state index contributed by atoms with van der Waals surface area (Å²) < 4.78 is 13.9. The highest BCUT2D eigenvalue weighted by Gasteiger charge is 2.44. The summed E-state index contributed by atoms with van der Waals surface area (Å²) in [7, 11) is 0. The van der Waals surface area contributed by atoms with E-state index >= 15 is 0 Å². The van der Waals surface area contributed by atoms with Crippen molar-refractivity contribution in [2.24, 2.45) is 0 Å². The molecule has 0 aromatic heterocycles. The van der Waals surface area contributed by atoms with Gasteiger partial charge in [-0.25, -0.2) is 4.39 Å². The zero-order valence-electron chi connectivity index (χ0n) is 10.2. The molecule has 6 heteroatoms. The number of nitriles is 1. The molecular weight excluding hydrogens is 225 g/mol. The molecule has 1 rings (SSSR count). The van der Waals surface area contributed by atoms with Crippen LogP contribution < -0.4 is 5.32 Å². The van der Waals surface area contributed by atoms with Crippen molar-refractivity contribution in [2.45, 2.75) is 38.0 Å². The number of nitrogens with one attached hydrogen (secondary N) is 1. The number of hydrogen-bond donors (Lipinski definition) is 2. The van der Waals surface area contributed by atoms with Gasteiger partial charge in [-0.2, -0.15) is 5.26 Å². The molecule has 17 heavy (non-hydrogen) atoms. The summed E-state index contributed by atoms with van der Waals surface area (Å²) in [6.45, 7) is 3.53. The number of hydrogen-bond acceptors (Lipinski definition) is 4. The molecule has 1 heterocycles. The van der Waals surface area contributed by atoms with Crippen molar-refractivity contribution in [1.29, 1.82) is 5.26 Å². The Morgan fingerprint density at radius 2 is 2.35 bits per heavy atom. The van der Waals surface area contributed by atoms with Crippen LogP contribution in [0, 0.1) is 11.3 Å². The van der Waals surface area contributed by atoms with Gasteiger partial charge in [0, 0.05) is 18.5 Å². The largest absolute Gasteiger partial charge is 0.394 e. The number of halogens is 1. The normalized spacial score (nSPS) is 24.8. The number of aliphatic hydroxyl groups is 1. The van der Waals surface area contributed by atoms with Gasteiger partial charge in [0.05, 0.1) is 13.2 Å². The number of amides is 1. The van der Waals surface area contributed by atoms with E-state index in [4.69, 9.17) is 10.4 Å². The van der Waals surface area contributed by atoms with E-state index < -0.39 is 17.2 Å². The first-order valence-corrected chi connectivity index (χ1v) is 5.61. The van der Waals surface area contributed by atoms with Gasteiger partial charge in [-0.15, -0.1) is 0 Å². The van der Waals surface area contributed by atoms with Crippen LogP contribution in [0.1, 0.15) is 26.7 Å². The zero-order valence-corrected chi connectivity index (χ0v) is 10.2. The number of alkyl halides is 1. The van der Waals surface area contributed by atoms with E-state index in [1.165, 1.54) is 0 Å². The molecule has 96 valence electrons. The summed E-state index contributed by atoms with van der Waals surface area (Å²) in [5.41, 5.74) is -0.596. The van der Waals surface area contributed by atoms with Crippen molar-refractivity contribution in [3.8, 4) is 6.07 Å². The summed E-state index contributed by atoms with van der Waals surface area (Å²) in [5, 5.41) is 20.6. The quantitative estimate of drug-likeness (QED) is 0.690. The molecule has 2 N–H and O–H groups in total. The van der Waals surface area contributed by atoms with Gasteiger partial charge in [0.15, 0.2) is 0 Å². The van der Waals surface area contributed by atoms with E-state index in [2.05, 4.69) is 5.32 Å². The van der Waals surface area contributed by atoms with Crippen LogP contribution in [-0.4, -0.2) is 46.9 Å². The molecule has 1 atom stereocenters. The summed E-state index contributed by atoms with van der Waals surface area (Å²) in [6.07, 6.45) is 0.567. The maximum atomic E-state index is 13.9. The lowest BCUT2D eigenvalue weighted by molar-refractivity contribution is -0.137. The topological polar surface area (TPSA) is 76.4 Å². The highest BCUT2D eigenvalue weighted by molar-refractivity contribution is 5.79. The van der Waals surface area contributed by atoms with E-state index in [0.717, 1.165) is 4.90 Å².